The minimum Gasteiger partial charge on any atom is -0.348 e. The second kappa shape index (κ2) is 6.06. The molecule has 0 radical (unpaired) electrons. The van der Waals surface area contributed by atoms with Gasteiger partial charge in [-0.15, -0.1) is 11.3 Å². The fourth-order valence-corrected chi connectivity index (χ4v) is 5.07. The molecule has 1 fully saturated rings. The van der Waals surface area contributed by atoms with Crippen molar-refractivity contribution in [3.05, 3.63) is 63.5 Å². The lowest BCUT2D eigenvalue weighted by molar-refractivity contribution is 0.323. The molecule has 2 aliphatic rings. The third kappa shape index (κ3) is 2.48. The Balaban J connectivity index is 1.50. The zero-order valence-electron chi connectivity index (χ0n) is 14.4. The number of nitrogens with zero attached hydrogens (tertiary/aromatic N) is 3. The summed E-state index contributed by atoms with van der Waals surface area (Å²) < 4.78 is 0. The van der Waals surface area contributed by atoms with E-state index in [9.17, 15) is 4.79 Å². The summed E-state index contributed by atoms with van der Waals surface area (Å²) in [6.45, 7) is 1.95. The second-order valence-electron chi connectivity index (χ2n) is 7.19. The Morgan fingerprint density at radius 3 is 2.65 bits per heavy atom. The van der Waals surface area contributed by atoms with Crippen molar-refractivity contribution in [2.45, 2.75) is 31.1 Å². The number of anilines is 1. The summed E-state index contributed by atoms with van der Waals surface area (Å²) in [4.78, 5) is 27.4. The molecule has 1 aliphatic carbocycles. The zero-order valence-corrected chi connectivity index (χ0v) is 15.3. The van der Waals surface area contributed by atoms with Crippen LogP contribution >= 0.6 is 11.3 Å². The monoisotopic (exact) mass is 364 g/mol. The van der Waals surface area contributed by atoms with E-state index in [2.05, 4.69) is 14.9 Å². The highest BCUT2D eigenvalue weighted by Gasteiger charge is 2.44. The molecule has 6 heteroatoms. The van der Waals surface area contributed by atoms with Gasteiger partial charge in [0.15, 0.2) is 5.13 Å². The number of nitrogens with one attached hydrogen (secondary N) is 1. The molecule has 1 aromatic carbocycles. The number of hydrogen-bond acceptors (Lipinski definition) is 5. The van der Waals surface area contributed by atoms with Crippen LogP contribution in [0.25, 0.3) is 11.4 Å². The molecule has 26 heavy (non-hydrogen) atoms. The van der Waals surface area contributed by atoms with Crippen LogP contribution in [0.4, 0.5) is 5.13 Å². The van der Waals surface area contributed by atoms with Crippen molar-refractivity contribution >= 4 is 16.5 Å². The molecule has 2 aromatic heterocycles. The van der Waals surface area contributed by atoms with Crippen molar-refractivity contribution < 1.29 is 0 Å². The number of fused-ring (bicyclic) bond motifs is 2. The quantitative estimate of drug-likeness (QED) is 0.757. The summed E-state index contributed by atoms with van der Waals surface area (Å²) in [7, 11) is 0. The fraction of sp³-hybridized carbons (Fsp3) is 0.350. The number of H-pyrrole nitrogens is 1. The molecule has 1 spiro atoms. The Labute approximate surface area is 155 Å². The van der Waals surface area contributed by atoms with Crippen LogP contribution in [0.5, 0.6) is 0 Å². The van der Waals surface area contributed by atoms with Crippen molar-refractivity contribution in [1.82, 2.24) is 15.0 Å². The van der Waals surface area contributed by atoms with Crippen LogP contribution in [0.1, 0.15) is 30.5 Å². The van der Waals surface area contributed by atoms with Gasteiger partial charge < -0.3 is 9.88 Å². The van der Waals surface area contributed by atoms with Gasteiger partial charge in [0.25, 0.3) is 5.56 Å². The summed E-state index contributed by atoms with van der Waals surface area (Å²) in [5, 5.41) is 3.12. The van der Waals surface area contributed by atoms with Gasteiger partial charge in [0, 0.05) is 41.2 Å². The third-order valence-corrected chi connectivity index (χ3v) is 6.66. The number of hydrogen-bond donors (Lipinski definition) is 1. The van der Waals surface area contributed by atoms with E-state index < -0.39 is 0 Å². The Morgan fingerprint density at radius 2 is 1.92 bits per heavy atom. The largest absolute Gasteiger partial charge is 0.348 e. The standard InChI is InChI=1S/C20H20N4OS/c25-18-15-6-7-20(8-11-24(12-9-20)19-21-10-13-26-19)16(15)22-17(23-18)14-4-2-1-3-5-14/h1-5,10,13H,6-9,11-12H2,(H,22,23,25). The van der Waals surface area contributed by atoms with Gasteiger partial charge in [-0.25, -0.2) is 9.97 Å². The van der Waals surface area contributed by atoms with Crippen molar-refractivity contribution in [3.63, 3.8) is 0 Å². The van der Waals surface area contributed by atoms with E-state index in [1.807, 2.05) is 41.9 Å². The van der Waals surface area contributed by atoms with Gasteiger partial charge in [0.2, 0.25) is 0 Å². The molecular formula is C20H20N4OS. The highest BCUT2D eigenvalue weighted by molar-refractivity contribution is 7.13. The number of thiazole rings is 1. The van der Waals surface area contributed by atoms with Gasteiger partial charge in [-0.05, 0) is 25.7 Å². The van der Waals surface area contributed by atoms with Crippen molar-refractivity contribution in [2.24, 2.45) is 0 Å². The predicted octanol–water partition coefficient (Wildman–Crippen LogP) is 3.38. The molecule has 0 amide bonds. The van der Waals surface area contributed by atoms with Crippen LogP contribution in [0.3, 0.4) is 0 Å². The van der Waals surface area contributed by atoms with Crippen LogP contribution < -0.4 is 10.5 Å². The van der Waals surface area contributed by atoms with Gasteiger partial charge in [0.05, 0.1) is 5.69 Å². The molecule has 0 unspecified atom stereocenters. The highest BCUT2D eigenvalue weighted by atomic mass is 32.1. The summed E-state index contributed by atoms with van der Waals surface area (Å²) in [6.07, 6.45) is 5.79. The first-order valence-corrected chi connectivity index (χ1v) is 9.97. The third-order valence-electron chi connectivity index (χ3n) is 5.83. The van der Waals surface area contributed by atoms with Gasteiger partial charge in [-0.3, -0.25) is 4.79 Å². The molecule has 3 heterocycles. The number of aromatic nitrogens is 3. The Hall–Kier alpha value is -2.47. The molecular weight excluding hydrogens is 344 g/mol. The first kappa shape index (κ1) is 15.8. The first-order valence-electron chi connectivity index (χ1n) is 9.09. The normalized spacial score (nSPS) is 18.2. The van der Waals surface area contributed by atoms with E-state index in [-0.39, 0.29) is 11.0 Å². The summed E-state index contributed by atoms with van der Waals surface area (Å²) in [6, 6.07) is 9.93. The van der Waals surface area contributed by atoms with E-state index in [4.69, 9.17) is 4.98 Å². The van der Waals surface area contributed by atoms with Crippen LogP contribution in [-0.4, -0.2) is 28.0 Å². The average molecular weight is 364 g/mol. The van der Waals surface area contributed by atoms with E-state index in [1.165, 1.54) is 0 Å². The molecule has 1 saturated heterocycles. The first-order chi connectivity index (χ1) is 12.8. The molecule has 5 rings (SSSR count). The number of aromatic amines is 1. The zero-order chi connectivity index (χ0) is 17.6. The van der Waals surface area contributed by atoms with Crippen molar-refractivity contribution in [3.8, 4) is 11.4 Å². The Kier molecular flexibility index (Phi) is 3.67. The van der Waals surface area contributed by atoms with Crippen molar-refractivity contribution in [1.29, 1.82) is 0 Å². The number of rotatable bonds is 2. The Morgan fingerprint density at radius 1 is 1.12 bits per heavy atom. The van der Waals surface area contributed by atoms with Crippen LogP contribution in [0.15, 0.2) is 46.7 Å². The minimum atomic E-state index is 0.0353. The van der Waals surface area contributed by atoms with Gasteiger partial charge >= 0.3 is 0 Å². The molecule has 0 saturated carbocycles. The number of benzene rings is 1. The van der Waals surface area contributed by atoms with Gasteiger partial charge in [-0.2, -0.15) is 0 Å². The van der Waals surface area contributed by atoms with E-state index in [0.717, 1.165) is 60.7 Å². The molecule has 5 nitrogen and oxygen atoms in total. The lowest BCUT2D eigenvalue weighted by Gasteiger charge is -2.39. The maximum atomic E-state index is 12.7. The minimum absolute atomic E-state index is 0.0353. The maximum absolute atomic E-state index is 12.7. The molecule has 132 valence electrons. The van der Waals surface area contributed by atoms with Crippen LogP contribution in [0, 0.1) is 0 Å². The lowest BCUT2D eigenvalue weighted by Crippen LogP contribution is -2.42. The summed E-state index contributed by atoms with van der Waals surface area (Å²) >= 11 is 1.69. The van der Waals surface area contributed by atoms with E-state index >= 15 is 0 Å². The van der Waals surface area contributed by atoms with Crippen molar-refractivity contribution in [2.75, 3.05) is 18.0 Å². The molecule has 1 aliphatic heterocycles. The van der Waals surface area contributed by atoms with Crippen LogP contribution in [-0.2, 0) is 11.8 Å². The molecule has 0 bridgehead atoms. The lowest BCUT2D eigenvalue weighted by atomic mass is 9.76. The molecule has 3 aromatic rings. The molecule has 1 N–H and O–H groups in total. The maximum Gasteiger partial charge on any atom is 0.254 e. The topological polar surface area (TPSA) is 61.9 Å². The second-order valence-corrected chi connectivity index (χ2v) is 8.06. The number of piperidine rings is 1. The van der Waals surface area contributed by atoms with Crippen LogP contribution in [0.2, 0.25) is 0 Å². The fourth-order valence-electron chi connectivity index (χ4n) is 4.37. The van der Waals surface area contributed by atoms with Gasteiger partial charge in [-0.1, -0.05) is 30.3 Å². The SMILES string of the molecule is O=c1[nH]c(-c2ccccc2)nc2c1CCC21CCN(c2nccs2)CC1. The summed E-state index contributed by atoms with van der Waals surface area (Å²) in [5.74, 6) is 0.693. The Bertz CT molecular complexity index is 973. The predicted molar refractivity (Wildman–Crippen MR) is 104 cm³/mol. The van der Waals surface area contributed by atoms with Gasteiger partial charge in [0.1, 0.15) is 5.82 Å². The summed E-state index contributed by atoms with van der Waals surface area (Å²) in [5.41, 5.74) is 2.98. The van der Waals surface area contributed by atoms with E-state index in [0.29, 0.717) is 5.82 Å². The smallest absolute Gasteiger partial charge is 0.254 e. The van der Waals surface area contributed by atoms with E-state index in [1.54, 1.807) is 11.3 Å². The molecule has 0 atom stereocenters. The highest BCUT2D eigenvalue weighted by Crippen LogP contribution is 2.45. The average Bonchev–Trinajstić information content (AvgIpc) is 3.33.